The smallest absolute Gasteiger partial charge is 0.161 e. The van der Waals surface area contributed by atoms with Crippen molar-refractivity contribution in [2.24, 2.45) is 5.92 Å². The summed E-state index contributed by atoms with van der Waals surface area (Å²) in [6.45, 7) is 7.77. The second-order valence-electron chi connectivity index (χ2n) is 7.05. The molecule has 27 heavy (non-hydrogen) atoms. The summed E-state index contributed by atoms with van der Waals surface area (Å²) in [4.78, 5) is 0. The summed E-state index contributed by atoms with van der Waals surface area (Å²) in [5.74, 6) is 2.75. The fourth-order valence-electron chi connectivity index (χ4n) is 2.71. The third kappa shape index (κ3) is 6.07. The van der Waals surface area contributed by atoms with Gasteiger partial charge in [0.25, 0.3) is 0 Å². The lowest BCUT2D eigenvalue weighted by molar-refractivity contribution is 0.272. The molecule has 2 rings (SSSR count). The molecule has 148 valence electrons. The molecule has 0 heterocycles. The van der Waals surface area contributed by atoms with E-state index in [-0.39, 0.29) is 11.8 Å². The second-order valence-corrected chi connectivity index (χ2v) is 7.05. The molecule has 0 spiro atoms. The summed E-state index contributed by atoms with van der Waals surface area (Å²) >= 11 is 0. The highest BCUT2D eigenvalue weighted by atomic mass is 16.5. The Balaban J connectivity index is 1.99. The lowest BCUT2D eigenvalue weighted by Crippen LogP contribution is -2.18. The summed E-state index contributed by atoms with van der Waals surface area (Å²) in [5.41, 5.74) is 2.10. The van der Waals surface area contributed by atoms with Gasteiger partial charge < -0.3 is 24.6 Å². The van der Waals surface area contributed by atoms with Crippen molar-refractivity contribution in [3.63, 3.8) is 0 Å². The largest absolute Gasteiger partial charge is 0.504 e. The topological polar surface area (TPSA) is 60.0 Å². The van der Waals surface area contributed by atoms with Crippen LogP contribution in [-0.4, -0.2) is 25.9 Å². The maximum atomic E-state index is 9.89. The van der Waals surface area contributed by atoms with Gasteiger partial charge >= 0.3 is 0 Å². The van der Waals surface area contributed by atoms with Gasteiger partial charge in [-0.1, -0.05) is 26.0 Å². The van der Waals surface area contributed by atoms with Gasteiger partial charge in [0.2, 0.25) is 0 Å². The Hall–Kier alpha value is -2.40. The van der Waals surface area contributed by atoms with Crippen LogP contribution in [0.1, 0.15) is 44.4 Å². The second kappa shape index (κ2) is 10.1. The number of ether oxygens (including phenoxy) is 3. The van der Waals surface area contributed by atoms with Crippen LogP contribution < -0.4 is 19.5 Å². The molecular weight excluding hydrogens is 342 g/mol. The molecule has 1 atom stereocenters. The Morgan fingerprint density at radius 1 is 0.926 bits per heavy atom. The summed E-state index contributed by atoms with van der Waals surface area (Å²) in [7, 11) is 3.20. The molecule has 0 aromatic heterocycles. The maximum Gasteiger partial charge on any atom is 0.161 e. The lowest BCUT2D eigenvalue weighted by atomic mass is 10.1. The highest BCUT2D eigenvalue weighted by molar-refractivity contribution is 5.44. The van der Waals surface area contributed by atoms with Crippen molar-refractivity contribution in [2.75, 3.05) is 20.8 Å². The van der Waals surface area contributed by atoms with E-state index in [0.717, 1.165) is 29.0 Å². The van der Waals surface area contributed by atoms with Crippen molar-refractivity contribution in [3.05, 3.63) is 47.5 Å². The summed E-state index contributed by atoms with van der Waals surface area (Å²) in [6.07, 6.45) is 1.01. The Kier molecular flexibility index (Phi) is 7.80. The number of hydrogen-bond donors (Lipinski definition) is 2. The van der Waals surface area contributed by atoms with Crippen LogP contribution in [0.4, 0.5) is 0 Å². The molecule has 5 heteroatoms. The minimum absolute atomic E-state index is 0.118. The number of methoxy groups -OCH3 is 2. The Labute approximate surface area is 162 Å². The Morgan fingerprint density at radius 2 is 1.63 bits per heavy atom. The molecule has 0 fully saturated rings. The zero-order valence-electron chi connectivity index (χ0n) is 16.9. The van der Waals surface area contributed by atoms with Gasteiger partial charge in [-0.15, -0.1) is 0 Å². The zero-order chi connectivity index (χ0) is 19.8. The van der Waals surface area contributed by atoms with E-state index < -0.39 is 0 Å². The third-order valence-electron chi connectivity index (χ3n) is 4.50. The summed E-state index contributed by atoms with van der Waals surface area (Å²) < 4.78 is 16.4. The van der Waals surface area contributed by atoms with Crippen molar-refractivity contribution in [1.29, 1.82) is 0 Å². The molecule has 2 aromatic rings. The molecule has 0 bridgehead atoms. The van der Waals surface area contributed by atoms with E-state index in [1.165, 1.54) is 0 Å². The monoisotopic (exact) mass is 373 g/mol. The van der Waals surface area contributed by atoms with Crippen LogP contribution in [0.15, 0.2) is 36.4 Å². The first-order valence-corrected chi connectivity index (χ1v) is 9.34. The van der Waals surface area contributed by atoms with Crippen LogP contribution in [0, 0.1) is 5.92 Å². The molecule has 2 N–H and O–H groups in total. The minimum Gasteiger partial charge on any atom is -0.504 e. The van der Waals surface area contributed by atoms with E-state index in [4.69, 9.17) is 14.2 Å². The van der Waals surface area contributed by atoms with Crippen LogP contribution >= 0.6 is 0 Å². The third-order valence-corrected chi connectivity index (χ3v) is 4.50. The van der Waals surface area contributed by atoms with Crippen molar-refractivity contribution in [2.45, 2.75) is 39.8 Å². The average Bonchev–Trinajstić information content (AvgIpc) is 2.66. The standard InChI is InChI=1S/C22H31NO4/c1-15(2)10-11-27-21-9-7-18(13-22(21)26-5)16(3)23-14-17-6-8-20(25-4)19(24)12-17/h6-9,12-13,15-16,23-24H,10-11,14H2,1-5H3. The quantitative estimate of drug-likeness (QED) is 0.633. The van der Waals surface area contributed by atoms with Gasteiger partial charge in [0.05, 0.1) is 20.8 Å². The summed E-state index contributed by atoms with van der Waals surface area (Å²) in [6, 6.07) is 11.6. The van der Waals surface area contributed by atoms with E-state index in [0.29, 0.717) is 24.8 Å². The zero-order valence-corrected chi connectivity index (χ0v) is 16.9. The molecule has 0 saturated carbocycles. The summed E-state index contributed by atoms with van der Waals surface area (Å²) in [5, 5.41) is 13.4. The number of benzene rings is 2. The highest BCUT2D eigenvalue weighted by Gasteiger charge is 2.11. The molecule has 0 radical (unpaired) electrons. The van der Waals surface area contributed by atoms with Gasteiger partial charge in [0.15, 0.2) is 23.0 Å². The highest BCUT2D eigenvalue weighted by Crippen LogP contribution is 2.31. The first kappa shape index (κ1) is 20.9. The van der Waals surface area contributed by atoms with Gasteiger partial charge in [-0.05, 0) is 54.7 Å². The van der Waals surface area contributed by atoms with Crippen LogP contribution in [0.3, 0.4) is 0 Å². The van der Waals surface area contributed by atoms with E-state index in [1.54, 1.807) is 26.4 Å². The van der Waals surface area contributed by atoms with Gasteiger partial charge in [-0.25, -0.2) is 0 Å². The molecule has 0 aliphatic heterocycles. The minimum atomic E-state index is 0.118. The number of aromatic hydroxyl groups is 1. The van der Waals surface area contributed by atoms with Crippen LogP contribution in [0.5, 0.6) is 23.0 Å². The molecule has 1 unspecified atom stereocenters. The predicted octanol–water partition coefficient (Wildman–Crippen LogP) is 4.69. The molecule has 0 aliphatic rings. The Morgan fingerprint density at radius 3 is 2.26 bits per heavy atom. The van der Waals surface area contributed by atoms with Crippen LogP contribution in [0.25, 0.3) is 0 Å². The molecule has 5 nitrogen and oxygen atoms in total. The Bertz CT molecular complexity index is 730. The fraction of sp³-hybridized carbons (Fsp3) is 0.455. The number of nitrogens with one attached hydrogen (secondary N) is 1. The molecule has 0 aliphatic carbocycles. The number of phenols is 1. The van der Waals surface area contributed by atoms with Gasteiger partial charge in [0, 0.05) is 12.6 Å². The molecule has 2 aromatic carbocycles. The fourth-order valence-corrected chi connectivity index (χ4v) is 2.71. The lowest BCUT2D eigenvalue weighted by Gasteiger charge is -2.18. The number of hydrogen-bond acceptors (Lipinski definition) is 5. The normalized spacial score (nSPS) is 12.1. The van der Waals surface area contributed by atoms with E-state index in [1.807, 2.05) is 18.2 Å². The van der Waals surface area contributed by atoms with E-state index in [2.05, 4.69) is 32.2 Å². The van der Waals surface area contributed by atoms with Gasteiger partial charge in [-0.2, -0.15) is 0 Å². The van der Waals surface area contributed by atoms with E-state index >= 15 is 0 Å². The van der Waals surface area contributed by atoms with Crippen LogP contribution in [-0.2, 0) is 6.54 Å². The first-order valence-electron chi connectivity index (χ1n) is 9.34. The van der Waals surface area contributed by atoms with Crippen molar-refractivity contribution in [3.8, 4) is 23.0 Å². The van der Waals surface area contributed by atoms with Gasteiger partial charge in [-0.3, -0.25) is 0 Å². The van der Waals surface area contributed by atoms with Crippen molar-refractivity contribution >= 4 is 0 Å². The van der Waals surface area contributed by atoms with E-state index in [9.17, 15) is 5.11 Å². The molecular formula is C22H31NO4. The molecule has 0 amide bonds. The van der Waals surface area contributed by atoms with Gasteiger partial charge in [0.1, 0.15) is 0 Å². The van der Waals surface area contributed by atoms with Crippen molar-refractivity contribution < 1.29 is 19.3 Å². The maximum absolute atomic E-state index is 9.89. The first-order chi connectivity index (χ1) is 12.9. The number of rotatable bonds is 10. The number of phenolic OH excluding ortho intramolecular Hbond substituents is 1. The van der Waals surface area contributed by atoms with Crippen LogP contribution in [0.2, 0.25) is 0 Å². The average molecular weight is 373 g/mol. The SMILES string of the molecule is COc1ccc(CNC(C)c2ccc(OCCC(C)C)c(OC)c2)cc1O. The molecule has 0 saturated heterocycles. The van der Waals surface area contributed by atoms with Crippen molar-refractivity contribution in [1.82, 2.24) is 5.32 Å². The predicted molar refractivity (Wildman–Crippen MR) is 108 cm³/mol.